The minimum atomic E-state index is -3.48. The van der Waals surface area contributed by atoms with Crippen molar-refractivity contribution in [2.24, 2.45) is 0 Å². The van der Waals surface area contributed by atoms with Crippen LogP contribution in [-0.4, -0.2) is 63.4 Å². The van der Waals surface area contributed by atoms with Crippen molar-refractivity contribution in [1.82, 2.24) is 14.9 Å². The number of hydrogen-bond donors (Lipinski definition) is 2. The van der Waals surface area contributed by atoms with E-state index in [0.717, 1.165) is 18.4 Å². The van der Waals surface area contributed by atoms with Crippen molar-refractivity contribution in [3.63, 3.8) is 0 Å². The molecule has 1 aromatic carbocycles. The smallest absolute Gasteiger partial charge is 0.309 e. The molecule has 0 spiro atoms. The molecule has 0 radical (unpaired) electrons. The molecule has 0 aliphatic carbocycles. The van der Waals surface area contributed by atoms with Crippen LogP contribution in [0.5, 0.6) is 0 Å². The summed E-state index contributed by atoms with van der Waals surface area (Å²) in [5, 5.41) is 5.14. The zero-order valence-corrected chi connectivity index (χ0v) is 17.3. The van der Waals surface area contributed by atoms with Gasteiger partial charge < -0.3 is 15.4 Å². The lowest BCUT2D eigenvalue weighted by Crippen LogP contribution is -2.43. The molecular weight excluding hydrogens is 382 g/mol. The fourth-order valence-corrected chi connectivity index (χ4v) is 4.49. The van der Waals surface area contributed by atoms with Crippen LogP contribution in [0.25, 0.3) is 0 Å². The molecule has 9 heteroatoms. The lowest BCUT2D eigenvalue weighted by atomic mass is 10.1. The molecule has 2 amide bonds. The topological polar surface area (TPSA) is 105 Å². The fourth-order valence-electron chi connectivity index (χ4n) is 3.03. The highest BCUT2D eigenvalue weighted by Crippen LogP contribution is 2.16. The van der Waals surface area contributed by atoms with Crippen molar-refractivity contribution in [1.29, 1.82) is 0 Å². The van der Waals surface area contributed by atoms with E-state index in [4.69, 9.17) is 4.74 Å². The third-order valence-electron chi connectivity index (χ3n) is 4.69. The highest BCUT2D eigenvalue weighted by atomic mass is 32.2. The van der Waals surface area contributed by atoms with E-state index in [1.54, 1.807) is 38.1 Å². The molecule has 28 heavy (non-hydrogen) atoms. The van der Waals surface area contributed by atoms with Crippen molar-refractivity contribution < 1.29 is 22.7 Å². The summed E-state index contributed by atoms with van der Waals surface area (Å²) < 4.78 is 31.7. The van der Waals surface area contributed by atoms with E-state index in [-0.39, 0.29) is 17.5 Å². The summed E-state index contributed by atoms with van der Waals surface area (Å²) in [4.78, 5) is 23.8. The number of nitrogens with one attached hydrogen (secondary N) is 2. The fraction of sp³-hybridized carbons (Fsp3) is 0.579. The molecule has 1 aliphatic heterocycles. The Balaban J connectivity index is 1.78. The molecule has 2 rings (SSSR count). The number of hydrogen-bond acceptors (Lipinski definition) is 5. The van der Waals surface area contributed by atoms with Crippen LogP contribution in [0.3, 0.4) is 0 Å². The van der Waals surface area contributed by atoms with Gasteiger partial charge in [0.05, 0.1) is 11.0 Å². The first-order valence-electron chi connectivity index (χ1n) is 9.65. The van der Waals surface area contributed by atoms with Crippen molar-refractivity contribution in [2.45, 2.75) is 44.1 Å². The van der Waals surface area contributed by atoms with Gasteiger partial charge in [-0.25, -0.2) is 8.42 Å². The second-order valence-corrected chi connectivity index (χ2v) is 8.52. The zero-order valence-electron chi connectivity index (χ0n) is 16.4. The summed E-state index contributed by atoms with van der Waals surface area (Å²) in [5.41, 5.74) is 0.874. The molecule has 1 saturated heterocycles. The van der Waals surface area contributed by atoms with Gasteiger partial charge in [-0.15, -0.1) is 0 Å². The molecule has 1 heterocycles. The van der Waals surface area contributed by atoms with Gasteiger partial charge in [0.1, 0.15) is 0 Å². The van der Waals surface area contributed by atoms with Crippen molar-refractivity contribution >= 4 is 21.8 Å². The van der Waals surface area contributed by atoms with Gasteiger partial charge in [-0.3, -0.25) is 9.59 Å². The largest absolute Gasteiger partial charge is 0.376 e. The SMILES string of the molecule is CCN(CC)S(=O)(=O)c1ccc(CCNC(=O)C(=O)NC[C@@H]2CCCO2)cc1. The Labute approximate surface area is 166 Å². The zero-order chi connectivity index (χ0) is 20.6. The minimum Gasteiger partial charge on any atom is -0.376 e. The molecule has 1 atom stereocenters. The Morgan fingerprint density at radius 1 is 1.11 bits per heavy atom. The molecule has 0 bridgehead atoms. The number of carbonyl (C=O) groups is 2. The number of benzene rings is 1. The maximum Gasteiger partial charge on any atom is 0.309 e. The van der Waals surface area contributed by atoms with E-state index in [0.29, 0.717) is 32.7 Å². The van der Waals surface area contributed by atoms with Gasteiger partial charge in [-0.1, -0.05) is 26.0 Å². The quantitative estimate of drug-likeness (QED) is 0.581. The van der Waals surface area contributed by atoms with E-state index in [1.807, 2.05) is 0 Å². The van der Waals surface area contributed by atoms with Crippen LogP contribution in [-0.2, 0) is 30.8 Å². The maximum atomic E-state index is 12.5. The van der Waals surface area contributed by atoms with Crippen LogP contribution < -0.4 is 10.6 Å². The number of ether oxygens (including phenoxy) is 1. The second-order valence-electron chi connectivity index (χ2n) is 6.58. The summed E-state index contributed by atoms with van der Waals surface area (Å²) in [5.74, 6) is -1.35. The van der Waals surface area contributed by atoms with E-state index in [2.05, 4.69) is 10.6 Å². The second kappa shape index (κ2) is 10.5. The predicted molar refractivity (Wildman–Crippen MR) is 105 cm³/mol. The Morgan fingerprint density at radius 3 is 2.32 bits per heavy atom. The highest BCUT2D eigenvalue weighted by Gasteiger charge is 2.21. The Bertz CT molecular complexity index is 754. The van der Waals surface area contributed by atoms with E-state index in [9.17, 15) is 18.0 Å². The molecule has 1 fully saturated rings. The van der Waals surface area contributed by atoms with Crippen molar-refractivity contribution in [3.8, 4) is 0 Å². The number of sulfonamides is 1. The van der Waals surface area contributed by atoms with Crippen LogP contribution in [0.4, 0.5) is 0 Å². The molecular formula is C19H29N3O5S. The Hall–Kier alpha value is -1.97. The summed E-state index contributed by atoms with van der Waals surface area (Å²) in [6.07, 6.45) is 2.35. The van der Waals surface area contributed by atoms with Crippen LogP contribution in [0.1, 0.15) is 32.3 Å². The average molecular weight is 412 g/mol. The summed E-state index contributed by atoms with van der Waals surface area (Å²) in [6.45, 7) is 5.76. The maximum absolute atomic E-state index is 12.5. The standard InChI is InChI=1S/C19H29N3O5S/c1-3-22(4-2)28(25,26)17-9-7-15(8-10-17)11-12-20-18(23)19(24)21-14-16-6-5-13-27-16/h7-10,16H,3-6,11-14H2,1-2H3,(H,20,23)(H,21,24)/t16-/m0/s1. The Kier molecular flexibility index (Phi) is 8.40. The average Bonchev–Trinajstić information content (AvgIpc) is 3.20. The van der Waals surface area contributed by atoms with Crippen molar-refractivity contribution in [2.75, 3.05) is 32.8 Å². The first kappa shape index (κ1) is 22.3. The number of rotatable bonds is 9. The van der Waals surface area contributed by atoms with Gasteiger partial charge in [-0.05, 0) is 37.0 Å². The van der Waals surface area contributed by atoms with Gasteiger partial charge in [0, 0.05) is 32.8 Å². The molecule has 1 aliphatic rings. The first-order valence-corrected chi connectivity index (χ1v) is 11.1. The summed E-state index contributed by atoms with van der Waals surface area (Å²) in [6, 6.07) is 6.58. The van der Waals surface area contributed by atoms with Gasteiger partial charge in [0.2, 0.25) is 10.0 Å². The first-order chi connectivity index (χ1) is 13.4. The molecule has 0 unspecified atom stereocenters. The van der Waals surface area contributed by atoms with Gasteiger partial charge in [0.25, 0.3) is 0 Å². The Morgan fingerprint density at radius 2 is 1.75 bits per heavy atom. The van der Waals surface area contributed by atoms with Crippen molar-refractivity contribution in [3.05, 3.63) is 29.8 Å². The van der Waals surface area contributed by atoms with Gasteiger partial charge in [0.15, 0.2) is 0 Å². The normalized spacial score (nSPS) is 16.9. The molecule has 0 saturated carbocycles. The van der Waals surface area contributed by atoms with Crippen LogP contribution in [0.15, 0.2) is 29.2 Å². The summed E-state index contributed by atoms with van der Waals surface area (Å²) >= 11 is 0. The van der Waals surface area contributed by atoms with E-state index < -0.39 is 21.8 Å². The van der Waals surface area contributed by atoms with Crippen LogP contribution in [0, 0.1) is 0 Å². The molecule has 8 nitrogen and oxygen atoms in total. The minimum absolute atomic E-state index is 0.0112. The molecule has 1 aromatic rings. The van der Waals surface area contributed by atoms with Crippen LogP contribution >= 0.6 is 0 Å². The summed E-state index contributed by atoms with van der Waals surface area (Å²) in [7, 11) is -3.48. The monoisotopic (exact) mass is 411 g/mol. The molecule has 0 aromatic heterocycles. The lowest BCUT2D eigenvalue weighted by molar-refractivity contribution is -0.139. The number of carbonyl (C=O) groups excluding carboxylic acids is 2. The lowest BCUT2D eigenvalue weighted by Gasteiger charge is -2.18. The van der Waals surface area contributed by atoms with Gasteiger partial charge >= 0.3 is 11.8 Å². The van der Waals surface area contributed by atoms with Gasteiger partial charge in [-0.2, -0.15) is 4.31 Å². The number of amides is 2. The third kappa shape index (κ3) is 6.02. The van der Waals surface area contributed by atoms with Crippen LogP contribution in [0.2, 0.25) is 0 Å². The van der Waals surface area contributed by atoms with E-state index >= 15 is 0 Å². The molecule has 2 N–H and O–H groups in total. The predicted octanol–water partition coefficient (Wildman–Crippen LogP) is 0.671. The molecule has 156 valence electrons. The highest BCUT2D eigenvalue weighted by molar-refractivity contribution is 7.89. The van der Waals surface area contributed by atoms with E-state index in [1.165, 1.54) is 4.31 Å². The third-order valence-corrected chi connectivity index (χ3v) is 6.75. The number of nitrogens with zero attached hydrogens (tertiary/aromatic N) is 1.